The van der Waals surface area contributed by atoms with Gasteiger partial charge in [0, 0.05) is 19.8 Å². The summed E-state index contributed by atoms with van der Waals surface area (Å²) in [5.74, 6) is 0.633. The summed E-state index contributed by atoms with van der Waals surface area (Å²) >= 11 is 0. The van der Waals surface area contributed by atoms with Gasteiger partial charge in [0.25, 0.3) is 0 Å². The zero-order chi connectivity index (χ0) is 10.8. The molecular formula is C12H25NO. The molecule has 2 heteroatoms. The molecule has 0 spiro atoms. The Bertz CT molecular complexity index is 143. The van der Waals surface area contributed by atoms with E-state index in [1.54, 1.807) is 7.11 Å². The number of methoxy groups -OCH3 is 1. The minimum absolute atomic E-state index is 0.592. The molecule has 0 radical (unpaired) electrons. The van der Waals surface area contributed by atoms with Crippen molar-refractivity contribution >= 4 is 0 Å². The molecule has 0 aliphatic carbocycles. The van der Waals surface area contributed by atoms with Crippen molar-refractivity contribution in [1.29, 1.82) is 0 Å². The predicted octanol–water partition coefficient (Wildman–Crippen LogP) is 2.60. The topological polar surface area (TPSA) is 21.3 Å². The maximum absolute atomic E-state index is 5.03. The first-order valence-corrected chi connectivity index (χ1v) is 5.55. The molecule has 0 bridgehead atoms. The molecule has 84 valence electrons. The summed E-state index contributed by atoms with van der Waals surface area (Å²) in [5.41, 5.74) is 0. The van der Waals surface area contributed by atoms with Crippen LogP contribution in [0.15, 0.2) is 12.2 Å². The maximum atomic E-state index is 5.03. The third-order valence-electron chi connectivity index (χ3n) is 2.11. The first kappa shape index (κ1) is 13.7. The average Bonchev–Trinajstić information content (AvgIpc) is 2.13. The van der Waals surface area contributed by atoms with E-state index < -0.39 is 0 Å². The Labute approximate surface area is 88.7 Å². The van der Waals surface area contributed by atoms with Gasteiger partial charge in [0.1, 0.15) is 0 Å². The molecule has 0 saturated heterocycles. The molecule has 0 aliphatic heterocycles. The fraction of sp³-hybridized carbons (Fsp3) is 0.833. The van der Waals surface area contributed by atoms with Crippen molar-refractivity contribution in [1.82, 2.24) is 5.32 Å². The summed E-state index contributed by atoms with van der Waals surface area (Å²) in [4.78, 5) is 0. The average molecular weight is 199 g/mol. The molecule has 0 rings (SSSR count). The van der Waals surface area contributed by atoms with E-state index in [2.05, 4.69) is 38.2 Å². The monoisotopic (exact) mass is 199 g/mol. The summed E-state index contributed by atoms with van der Waals surface area (Å²) in [5, 5.41) is 3.39. The molecule has 0 aromatic rings. The maximum Gasteiger partial charge on any atom is 0.0467 e. The molecule has 14 heavy (non-hydrogen) atoms. The van der Waals surface area contributed by atoms with Crippen molar-refractivity contribution < 1.29 is 4.74 Å². The number of ether oxygens (including phenoxy) is 1. The van der Waals surface area contributed by atoms with Gasteiger partial charge in [0.05, 0.1) is 0 Å². The van der Waals surface area contributed by atoms with Crippen LogP contribution in [0, 0.1) is 5.92 Å². The van der Waals surface area contributed by atoms with Crippen LogP contribution >= 0.6 is 0 Å². The smallest absolute Gasteiger partial charge is 0.0467 e. The van der Waals surface area contributed by atoms with Crippen molar-refractivity contribution in [3.8, 4) is 0 Å². The van der Waals surface area contributed by atoms with Crippen LogP contribution < -0.4 is 5.32 Å². The predicted molar refractivity (Wildman–Crippen MR) is 62.6 cm³/mol. The Morgan fingerprint density at radius 2 is 2.00 bits per heavy atom. The SMILES string of the molecule is COCCC(C)/C=C/CCNC(C)C. The third kappa shape index (κ3) is 9.75. The Morgan fingerprint density at radius 1 is 1.29 bits per heavy atom. The van der Waals surface area contributed by atoms with Gasteiger partial charge in [0.2, 0.25) is 0 Å². The van der Waals surface area contributed by atoms with Gasteiger partial charge in [-0.25, -0.2) is 0 Å². The minimum atomic E-state index is 0.592. The summed E-state index contributed by atoms with van der Waals surface area (Å²) in [6.07, 6.45) is 6.77. The van der Waals surface area contributed by atoms with Crippen molar-refractivity contribution in [2.45, 2.75) is 39.7 Å². The zero-order valence-electron chi connectivity index (χ0n) is 10.0. The van der Waals surface area contributed by atoms with Gasteiger partial charge in [-0.2, -0.15) is 0 Å². The summed E-state index contributed by atoms with van der Waals surface area (Å²) < 4.78 is 5.03. The van der Waals surface area contributed by atoms with Crippen molar-refractivity contribution in [2.24, 2.45) is 5.92 Å². The minimum Gasteiger partial charge on any atom is -0.385 e. The van der Waals surface area contributed by atoms with E-state index in [4.69, 9.17) is 4.74 Å². The lowest BCUT2D eigenvalue weighted by molar-refractivity contribution is 0.186. The fourth-order valence-electron chi connectivity index (χ4n) is 1.18. The van der Waals surface area contributed by atoms with Gasteiger partial charge >= 0.3 is 0 Å². The van der Waals surface area contributed by atoms with Gasteiger partial charge in [-0.1, -0.05) is 32.9 Å². The molecule has 0 fully saturated rings. The van der Waals surface area contributed by atoms with E-state index >= 15 is 0 Å². The van der Waals surface area contributed by atoms with E-state index in [9.17, 15) is 0 Å². The fourth-order valence-corrected chi connectivity index (χ4v) is 1.18. The zero-order valence-corrected chi connectivity index (χ0v) is 10.0. The quantitative estimate of drug-likeness (QED) is 0.479. The largest absolute Gasteiger partial charge is 0.385 e. The molecule has 0 heterocycles. The molecule has 1 unspecified atom stereocenters. The highest BCUT2D eigenvalue weighted by molar-refractivity contribution is 4.86. The van der Waals surface area contributed by atoms with Gasteiger partial charge in [0.15, 0.2) is 0 Å². The van der Waals surface area contributed by atoms with Crippen LogP contribution in [0.5, 0.6) is 0 Å². The second-order valence-electron chi connectivity index (χ2n) is 4.08. The first-order valence-electron chi connectivity index (χ1n) is 5.55. The number of allylic oxidation sites excluding steroid dienone is 1. The number of nitrogens with one attached hydrogen (secondary N) is 1. The van der Waals surface area contributed by atoms with Crippen LogP contribution in [-0.4, -0.2) is 26.3 Å². The first-order chi connectivity index (χ1) is 6.66. The molecule has 0 aromatic heterocycles. The lowest BCUT2D eigenvalue weighted by Crippen LogP contribution is -2.23. The molecule has 1 N–H and O–H groups in total. The highest BCUT2D eigenvalue weighted by atomic mass is 16.5. The summed E-state index contributed by atoms with van der Waals surface area (Å²) in [6, 6.07) is 0.592. The van der Waals surface area contributed by atoms with Crippen molar-refractivity contribution in [3.63, 3.8) is 0 Å². The summed E-state index contributed by atoms with van der Waals surface area (Å²) in [6.45, 7) is 8.50. The number of hydrogen-bond acceptors (Lipinski definition) is 2. The van der Waals surface area contributed by atoms with Crippen LogP contribution in [0.25, 0.3) is 0 Å². The second kappa shape index (κ2) is 9.22. The van der Waals surface area contributed by atoms with Gasteiger partial charge < -0.3 is 10.1 Å². The molecule has 2 nitrogen and oxygen atoms in total. The Balaban J connectivity index is 3.32. The summed E-state index contributed by atoms with van der Waals surface area (Å²) in [7, 11) is 1.75. The molecule has 0 saturated carbocycles. The lowest BCUT2D eigenvalue weighted by Gasteiger charge is -2.06. The van der Waals surface area contributed by atoms with Gasteiger partial charge in [-0.3, -0.25) is 0 Å². The Hall–Kier alpha value is -0.340. The normalized spacial score (nSPS) is 14.1. The Morgan fingerprint density at radius 3 is 2.57 bits per heavy atom. The van der Waals surface area contributed by atoms with Crippen LogP contribution in [-0.2, 0) is 4.74 Å². The highest BCUT2D eigenvalue weighted by Crippen LogP contribution is 2.03. The van der Waals surface area contributed by atoms with Crippen LogP contribution in [0.4, 0.5) is 0 Å². The molecule has 0 aromatic carbocycles. The van der Waals surface area contributed by atoms with Gasteiger partial charge in [-0.05, 0) is 25.3 Å². The highest BCUT2D eigenvalue weighted by Gasteiger charge is 1.95. The Kier molecular flexibility index (Phi) is 9.00. The number of hydrogen-bond donors (Lipinski definition) is 1. The van der Waals surface area contributed by atoms with E-state index in [0.717, 1.165) is 26.0 Å². The molecular weight excluding hydrogens is 174 g/mol. The van der Waals surface area contributed by atoms with E-state index in [1.807, 2.05) is 0 Å². The van der Waals surface area contributed by atoms with Crippen molar-refractivity contribution in [2.75, 3.05) is 20.3 Å². The number of rotatable bonds is 8. The van der Waals surface area contributed by atoms with E-state index in [0.29, 0.717) is 12.0 Å². The van der Waals surface area contributed by atoms with E-state index in [1.165, 1.54) is 0 Å². The van der Waals surface area contributed by atoms with Gasteiger partial charge in [-0.15, -0.1) is 0 Å². The van der Waals surface area contributed by atoms with Crippen LogP contribution in [0.3, 0.4) is 0 Å². The molecule has 0 amide bonds. The van der Waals surface area contributed by atoms with Crippen LogP contribution in [0.2, 0.25) is 0 Å². The lowest BCUT2D eigenvalue weighted by atomic mass is 10.1. The standard InChI is InChI=1S/C12H25NO/c1-11(2)13-9-6-5-7-12(3)8-10-14-4/h5,7,11-13H,6,8-10H2,1-4H3/b7-5+. The second-order valence-corrected chi connectivity index (χ2v) is 4.08. The van der Waals surface area contributed by atoms with Crippen LogP contribution in [0.1, 0.15) is 33.6 Å². The molecule has 1 atom stereocenters. The third-order valence-corrected chi connectivity index (χ3v) is 2.11. The molecule has 0 aliphatic rings. The van der Waals surface area contributed by atoms with Crippen molar-refractivity contribution in [3.05, 3.63) is 12.2 Å². The van der Waals surface area contributed by atoms with E-state index in [-0.39, 0.29) is 0 Å².